The third kappa shape index (κ3) is 4.39. The summed E-state index contributed by atoms with van der Waals surface area (Å²) in [5.74, 6) is -0.146. The molecule has 0 saturated carbocycles. The third-order valence-electron chi connectivity index (χ3n) is 5.07. The number of nitrogens with zero attached hydrogens (tertiary/aromatic N) is 1. The number of halogens is 1. The first-order chi connectivity index (χ1) is 15.5. The molecule has 3 aromatic carbocycles. The maximum atomic E-state index is 13.5. The number of aryl methyl sites for hydroxylation is 1. The van der Waals surface area contributed by atoms with Crippen LogP contribution in [0.15, 0.2) is 78.5 Å². The Kier molecular flexibility index (Phi) is 6.28. The van der Waals surface area contributed by atoms with Gasteiger partial charge in [-0.15, -0.1) is 0 Å². The highest BCUT2D eigenvalue weighted by atomic mass is 35.5. The normalized spacial score (nSPS) is 13.7. The Balaban J connectivity index is 1.76. The number of rotatable bonds is 7. The molecule has 0 aliphatic carbocycles. The van der Waals surface area contributed by atoms with Gasteiger partial charge in [0.2, 0.25) is 0 Å². The average Bonchev–Trinajstić information content (AvgIpc) is 3.02. The van der Waals surface area contributed by atoms with Gasteiger partial charge in [-0.1, -0.05) is 60.5 Å². The SMILES string of the molecule is CCCOc1cccc(NC2=C(c3ccc(C)cc3)C(=O)N(c3cccc(Cl)c3)C2=O)c1. The molecule has 162 valence electrons. The lowest BCUT2D eigenvalue weighted by molar-refractivity contribution is -0.120. The Morgan fingerprint density at radius 2 is 1.69 bits per heavy atom. The van der Waals surface area contributed by atoms with Crippen LogP contribution in [0, 0.1) is 6.92 Å². The molecule has 3 aromatic rings. The number of ether oxygens (including phenoxy) is 1. The second-order valence-corrected chi connectivity index (χ2v) is 7.98. The minimum atomic E-state index is -0.437. The van der Waals surface area contributed by atoms with Crippen LogP contribution >= 0.6 is 11.6 Å². The smallest absolute Gasteiger partial charge is 0.282 e. The van der Waals surface area contributed by atoms with Crippen molar-refractivity contribution in [3.63, 3.8) is 0 Å². The zero-order valence-electron chi connectivity index (χ0n) is 17.9. The molecule has 0 fully saturated rings. The highest BCUT2D eigenvalue weighted by molar-refractivity contribution is 6.46. The van der Waals surface area contributed by atoms with Crippen LogP contribution in [0.25, 0.3) is 5.57 Å². The van der Waals surface area contributed by atoms with Crippen LogP contribution in [0.5, 0.6) is 5.75 Å². The summed E-state index contributed by atoms with van der Waals surface area (Å²) in [5.41, 5.74) is 3.34. The standard InChI is InChI=1S/C26H23ClN2O3/c1-3-14-32-22-9-5-7-20(16-22)28-24-23(18-12-10-17(2)11-13-18)25(30)29(26(24)31)21-8-4-6-19(27)15-21/h4-13,15-16,28H,3,14H2,1-2H3. The fourth-order valence-electron chi connectivity index (χ4n) is 3.51. The summed E-state index contributed by atoms with van der Waals surface area (Å²) >= 11 is 6.12. The second-order valence-electron chi connectivity index (χ2n) is 7.54. The van der Waals surface area contributed by atoms with Gasteiger partial charge in [-0.2, -0.15) is 0 Å². The van der Waals surface area contributed by atoms with Gasteiger partial charge in [0.05, 0.1) is 17.9 Å². The lowest BCUT2D eigenvalue weighted by Gasteiger charge is -2.16. The van der Waals surface area contributed by atoms with E-state index in [1.807, 2.05) is 62.4 Å². The lowest BCUT2D eigenvalue weighted by atomic mass is 10.0. The topological polar surface area (TPSA) is 58.6 Å². The molecule has 1 aliphatic rings. The van der Waals surface area contributed by atoms with E-state index in [-0.39, 0.29) is 5.70 Å². The van der Waals surface area contributed by atoms with Crippen LogP contribution in [-0.4, -0.2) is 18.4 Å². The molecule has 0 bridgehead atoms. The predicted molar refractivity (Wildman–Crippen MR) is 128 cm³/mol. The summed E-state index contributed by atoms with van der Waals surface area (Å²) in [5, 5.41) is 3.62. The molecule has 0 spiro atoms. The quantitative estimate of drug-likeness (QED) is 0.463. The molecular weight excluding hydrogens is 424 g/mol. The minimum Gasteiger partial charge on any atom is -0.494 e. The van der Waals surface area contributed by atoms with Crippen molar-refractivity contribution in [2.75, 3.05) is 16.8 Å². The van der Waals surface area contributed by atoms with Gasteiger partial charge in [0.15, 0.2) is 0 Å². The average molecular weight is 447 g/mol. The van der Waals surface area contributed by atoms with Gasteiger partial charge in [0, 0.05) is 16.8 Å². The molecule has 0 aromatic heterocycles. The number of anilines is 2. The Morgan fingerprint density at radius 1 is 0.938 bits per heavy atom. The van der Waals surface area contributed by atoms with Crippen LogP contribution < -0.4 is 15.0 Å². The van der Waals surface area contributed by atoms with Crippen LogP contribution in [0.2, 0.25) is 5.02 Å². The van der Waals surface area contributed by atoms with Gasteiger partial charge in [-0.05, 0) is 49.2 Å². The zero-order chi connectivity index (χ0) is 22.7. The van der Waals surface area contributed by atoms with Crippen LogP contribution in [0.3, 0.4) is 0 Å². The molecule has 32 heavy (non-hydrogen) atoms. The molecule has 0 unspecified atom stereocenters. The molecule has 5 nitrogen and oxygen atoms in total. The number of imide groups is 1. The van der Waals surface area contributed by atoms with Gasteiger partial charge in [-0.25, -0.2) is 4.90 Å². The molecule has 1 aliphatic heterocycles. The fourth-order valence-corrected chi connectivity index (χ4v) is 3.70. The second kappa shape index (κ2) is 9.28. The predicted octanol–water partition coefficient (Wildman–Crippen LogP) is 5.83. The molecule has 6 heteroatoms. The molecule has 0 radical (unpaired) electrons. The maximum absolute atomic E-state index is 13.5. The van der Waals surface area contributed by atoms with Crippen molar-refractivity contribution in [3.05, 3.63) is 94.6 Å². The number of benzene rings is 3. The van der Waals surface area contributed by atoms with E-state index in [1.165, 1.54) is 0 Å². The highest BCUT2D eigenvalue weighted by Crippen LogP contribution is 2.35. The van der Waals surface area contributed by atoms with E-state index in [1.54, 1.807) is 24.3 Å². The molecule has 1 heterocycles. The van der Waals surface area contributed by atoms with Crippen molar-refractivity contribution in [3.8, 4) is 5.75 Å². The minimum absolute atomic E-state index is 0.214. The van der Waals surface area contributed by atoms with Gasteiger partial charge in [0.25, 0.3) is 11.8 Å². The van der Waals surface area contributed by atoms with Crippen molar-refractivity contribution in [2.24, 2.45) is 0 Å². The molecule has 1 N–H and O–H groups in total. The molecular formula is C26H23ClN2O3. The summed E-state index contributed by atoms with van der Waals surface area (Å²) in [4.78, 5) is 28.1. The highest BCUT2D eigenvalue weighted by Gasteiger charge is 2.40. The first-order valence-electron chi connectivity index (χ1n) is 10.4. The van der Waals surface area contributed by atoms with Crippen LogP contribution in [0.1, 0.15) is 24.5 Å². The summed E-state index contributed by atoms with van der Waals surface area (Å²) in [6.45, 7) is 4.60. The Hall–Kier alpha value is -3.57. The van der Waals surface area contributed by atoms with Crippen molar-refractivity contribution >= 4 is 40.4 Å². The van der Waals surface area contributed by atoms with Crippen molar-refractivity contribution in [2.45, 2.75) is 20.3 Å². The summed E-state index contributed by atoms with van der Waals surface area (Å²) < 4.78 is 5.70. The number of nitrogens with one attached hydrogen (secondary N) is 1. The summed E-state index contributed by atoms with van der Waals surface area (Å²) in [7, 11) is 0. The largest absolute Gasteiger partial charge is 0.494 e. The number of carbonyl (C=O) groups excluding carboxylic acids is 2. The first kappa shape index (κ1) is 21.7. The maximum Gasteiger partial charge on any atom is 0.282 e. The first-order valence-corrected chi connectivity index (χ1v) is 10.8. The van der Waals surface area contributed by atoms with E-state index in [0.717, 1.165) is 16.9 Å². The number of amides is 2. The lowest BCUT2D eigenvalue weighted by Crippen LogP contribution is -2.32. The van der Waals surface area contributed by atoms with Gasteiger partial charge in [0.1, 0.15) is 11.4 Å². The molecule has 0 atom stereocenters. The third-order valence-corrected chi connectivity index (χ3v) is 5.30. The van der Waals surface area contributed by atoms with E-state index in [4.69, 9.17) is 16.3 Å². The fraction of sp³-hybridized carbons (Fsp3) is 0.154. The van der Waals surface area contributed by atoms with E-state index in [0.29, 0.717) is 39.9 Å². The van der Waals surface area contributed by atoms with Crippen molar-refractivity contribution in [1.29, 1.82) is 0 Å². The van der Waals surface area contributed by atoms with Crippen LogP contribution in [-0.2, 0) is 9.59 Å². The van der Waals surface area contributed by atoms with E-state index >= 15 is 0 Å². The monoisotopic (exact) mass is 446 g/mol. The van der Waals surface area contributed by atoms with E-state index < -0.39 is 11.8 Å². The Labute approximate surface area is 192 Å². The summed E-state index contributed by atoms with van der Waals surface area (Å²) in [6, 6.07) is 21.6. The number of carbonyl (C=O) groups is 2. The van der Waals surface area contributed by atoms with Crippen LogP contribution in [0.4, 0.5) is 11.4 Å². The van der Waals surface area contributed by atoms with Crippen molar-refractivity contribution < 1.29 is 14.3 Å². The number of hydrogen-bond acceptors (Lipinski definition) is 4. The van der Waals surface area contributed by atoms with E-state index in [2.05, 4.69) is 5.32 Å². The Bertz CT molecular complexity index is 1200. The Morgan fingerprint density at radius 3 is 2.41 bits per heavy atom. The van der Waals surface area contributed by atoms with Gasteiger partial charge < -0.3 is 10.1 Å². The van der Waals surface area contributed by atoms with Gasteiger partial charge in [-0.3, -0.25) is 9.59 Å². The van der Waals surface area contributed by atoms with E-state index in [9.17, 15) is 9.59 Å². The van der Waals surface area contributed by atoms with Crippen molar-refractivity contribution in [1.82, 2.24) is 0 Å². The molecule has 0 saturated heterocycles. The molecule has 4 rings (SSSR count). The summed E-state index contributed by atoms with van der Waals surface area (Å²) in [6.07, 6.45) is 0.891. The molecule has 2 amide bonds. The van der Waals surface area contributed by atoms with Gasteiger partial charge >= 0.3 is 0 Å². The number of hydrogen-bond donors (Lipinski definition) is 1. The zero-order valence-corrected chi connectivity index (χ0v) is 18.6.